The first-order chi connectivity index (χ1) is 11.4. The van der Waals surface area contributed by atoms with Crippen molar-refractivity contribution >= 4 is 0 Å². The molecule has 0 aliphatic carbocycles. The number of nitrogens with two attached hydrogens (primary N) is 1. The zero-order valence-corrected chi connectivity index (χ0v) is 15.3. The van der Waals surface area contributed by atoms with Crippen LogP contribution in [0.5, 0.6) is 11.5 Å². The molecule has 1 heterocycles. The molecule has 2 rings (SSSR count). The summed E-state index contributed by atoms with van der Waals surface area (Å²) >= 11 is 0. The summed E-state index contributed by atoms with van der Waals surface area (Å²) in [7, 11) is 4.33. The lowest BCUT2D eigenvalue weighted by atomic mass is 9.93. The van der Waals surface area contributed by atoms with Crippen molar-refractivity contribution in [1.82, 2.24) is 0 Å². The molecule has 1 aromatic carbocycles. The van der Waals surface area contributed by atoms with Crippen LogP contribution in [0.2, 0.25) is 0 Å². The Morgan fingerprint density at radius 1 is 1.29 bits per heavy atom. The van der Waals surface area contributed by atoms with Crippen molar-refractivity contribution in [3.8, 4) is 11.5 Å². The highest BCUT2D eigenvalue weighted by molar-refractivity contribution is 5.44. The second-order valence-electron chi connectivity index (χ2n) is 7.63. The Morgan fingerprint density at radius 3 is 2.79 bits per heavy atom. The summed E-state index contributed by atoms with van der Waals surface area (Å²) in [4.78, 5) is 1.45. The van der Waals surface area contributed by atoms with Crippen LogP contribution in [-0.4, -0.2) is 58.3 Å². The van der Waals surface area contributed by atoms with Crippen molar-refractivity contribution in [2.75, 3.05) is 47.1 Å². The number of aliphatic hydroxyl groups excluding tert-OH is 1. The molecule has 0 saturated heterocycles. The predicted octanol–water partition coefficient (Wildman–Crippen LogP) is -0.973. The van der Waals surface area contributed by atoms with Gasteiger partial charge in [0.15, 0.2) is 11.5 Å². The number of ether oxygens (including phenoxy) is 3. The van der Waals surface area contributed by atoms with Crippen molar-refractivity contribution < 1.29 is 29.5 Å². The molecule has 24 heavy (non-hydrogen) atoms. The Bertz CT molecular complexity index is 520. The lowest BCUT2D eigenvalue weighted by Gasteiger charge is -2.24. The number of hydrogen-bond donors (Lipinski definition) is 3. The van der Waals surface area contributed by atoms with Gasteiger partial charge in [-0.1, -0.05) is 6.07 Å². The highest BCUT2D eigenvalue weighted by atomic mass is 16.7. The third-order valence-electron chi connectivity index (χ3n) is 3.98. The maximum absolute atomic E-state index is 10.1. The van der Waals surface area contributed by atoms with Crippen LogP contribution in [0.4, 0.5) is 0 Å². The average molecular weight is 340 g/mol. The van der Waals surface area contributed by atoms with Gasteiger partial charge in [0.25, 0.3) is 0 Å². The first kappa shape index (κ1) is 19.0. The summed E-state index contributed by atoms with van der Waals surface area (Å²) in [5.41, 5.74) is 1.27. The van der Waals surface area contributed by atoms with E-state index in [-0.39, 0.29) is 12.2 Å². The molecule has 136 valence electrons. The van der Waals surface area contributed by atoms with E-state index in [4.69, 9.17) is 14.2 Å². The van der Waals surface area contributed by atoms with Crippen LogP contribution in [-0.2, 0) is 11.3 Å². The van der Waals surface area contributed by atoms with Gasteiger partial charge < -0.3 is 29.5 Å². The fraction of sp³-hybridized carbons (Fsp3) is 0.667. The zero-order valence-electron chi connectivity index (χ0n) is 15.3. The first-order valence-corrected chi connectivity index (χ1v) is 8.61. The molecule has 0 bridgehead atoms. The fourth-order valence-corrected chi connectivity index (χ4v) is 3.11. The van der Waals surface area contributed by atoms with E-state index in [2.05, 4.69) is 33.3 Å². The van der Waals surface area contributed by atoms with Gasteiger partial charge >= 0.3 is 0 Å². The van der Waals surface area contributed by atoms with Gasteiger partial charge in [0.1, 0.15) is 12.6 Å². The highest BCUT2D eigenvalue weighted by Gasteiger charge is 2.24. The number of nitrogens with one attached hydrogen (secondary N) is 1. The van der Waals surface area contributed by atoms with E-state index in [1.54, 1.807) is 0 Å². The molecule has 4 N–H and O–H groups in total. The van der Waals surface area contributed by atoms with Crippen molar-refractivity contribution in [3.63, 3.8) is 0 Å². The summed E-state index contributed by atoms with van der Waals surface area (Å²) in [5, 5.41) is 12.2. The average Bonchev–Trinajstić information content (AvgIpc) is 2.93. The summed E-state index contributed by atoms with van der Waals surface area (Å²) in [6, 6.07) is 5.77. The molecule has 1 aliphatic heterocycles. The number of quaternary nitrogens is 2. The Labute approximate surface area is 144 Å². The Morgan fingerprint density at radius 2 is 2.04 bits per heavy atom. The van der Waals surface area contributed by atoms with Crippen LogP contribution in [0.15, 0.2) is 18.2 Å². The monoisotopic (exact) mass is 340 g/mol. The summed E-state index contributed by atoms with van der Waals surface area (Å²) in [6.07, 6.45) is -0.457. The van der Waals surface area contributed by atoms with E-state index in [1.807, 2.05) is 18.2 Å². The van der Waals surface area contributed by atoms with E-state index < -0.39 is 6.10 Å². The first-order valence-electron chi connectivity index (χ1n) is 8.61. The van der Waals surface area contributed by atoms with E-state index in [1.165, 1.54) is 4.90 Å². The molecule has 1 aromatic rings. The number of benzene rings is 1. The van der Waals surface area contributed by atoms with Crippen molar-refractivity contribution in [2.24, 2.45) is 5.41 Å². The van der Waals surface area contributed by atoms with Gasteiger partial charge in [-0.05, 0) is 31.5 Å². The standard InChI is InChI=1S/C18H30N2O4/c1-18(2,12-20(3)4)11-19-8-15(21)10-22-9-14-5-6-16-17(7-14)24-13-23-16/h5-7,15,19,21H,8-13H2,1-4H3/p+2/t15-/m1/s1. The molecule has 1 atom stereocenters. The summed E-state index contributed by atoms with van der Waals surface area (Å²) < 4.78 is 16.2. The van der Waals surface area contributed by atoms with Crippen LogP contribution < -0.4 is 19.7 Å². The number of fused-ring (bicyclic) bond motifs is 1. The van der Waals surface area contributed by atoms with E-state index >= 15 is 0 Å². The summed E-state index contributed by atoms with van der Waals surface area (Å²) in [6.45, 7) is 8.37. The van der Waals surface area contributed by atoms with Gasteiger partial charge in [-0.3, -0.25) is 0 Å². The quantitative estimate of drug-likeness (QED) is 0.513. The second kappa shape index (κ2) is 8.67. The Kier molecular flexibility index (Phi) is 6.86. The molecular formula is C18H32N2O4+2. The van der Waals surface area contributed by atoms with Gasteiger partial charge in [0.2, 0.25) is 6.79 Å². The molecule has 0 saturated carbocycles. The van der Waals surface area contributed by atoms with E-state index in [0.717, 1.165) is 30.2 Å². The molecule has 0 fully saturated rings. The Balaban J connectivity index is 1.62. The van der Waals surface area contributed by atoms with Gasteiger partial charge in [-0.25, -0.2) is 0 Å². The normalized spacial score (nSPS) is 15.1. The third-order valence-corrected chi connectivity index (χ3v) is 3.98. The molecule has 0 radical (unpaired) electrons. The number of hydrogen-bond acceptors (Lipinski definition) is 4. The fourth-order valence-electron chi connectivity index (χ4n) is 3.11. The molecule has 0 unspecified atom stereocenters. The Hall–Kier alpha value is -1.34. The molecular weight excluding hydrogens is 308 g/mol. The largest absolute Gasteiger partial charge is 0.454 e. The highest BCUT2D eigenvalue weighted by Crippen LogP contribution is 2.32. The topological polar surface area (TPSA) is 69.0 Å². The predicted molar refractivity (Wildman–Crippen MR) is 91.3 cm³/mol. The maximum Gasteiger partial charge on any atom is 0.231 e. The van der Waals surface area contributed by atoms with Gasteiger partial charge in [0.05, 0.1) is 45.8 Å². The minimum Gasteiger partial charge on any atom is -0.454 e. The molecule has 1 aliphatic rings. The van der Waals surface area contributed by atoms with Crippen LogP contribution in [0.1, 0.15) is 19.4 Å². The smallest absolute Gasteiger partial charge is 0.231 e. The molecule has 6 nitrogen and oxygen atoms in total. The zero-order chi connectivity index (χ0) is 17.6. The van der Waals surface area contributed by atoms with Crippen LogP contribution in [0, 0.1) is 5.41 Å². The number of rotatable bonds is 10. The number of aliphatic hydroxyl groups is 1. The van der Waals surface area contributed by atoms with Crippen LogP contribution in [0.25, 0.3) is 0 Å². The maximum atomic E-state index is 10.1. The molecule has 0 aromatic heterocycles. The lowest BCUT2D eigenvalue weighted by molar-refractivity contribution is -0.868. The van der Waals surface area contributed by atoms with Crippen LogP contribution in [0.3, 0.4) is 0 Å². The van der Waals surface area contributed by atoms with Crippen LogP contribution >= 0.6 is 0 Å². The van der Waals surface area contributed by atoms with Crippen molar-refractivity contribution in [1.29, 1.82) is 0 Å². The molecule has 0 spiro atoms. The molecule has 6 heteroatoms. The van der Waals surface area contributed by atoms with Gasteiger partial charge in [0, 0.05) is 0 Å². The lowest BCUT2D eigenvalue weighted by Crippen LogP contribution is -3.08. The van der Waals surface area contributed by atoms with E-state index in [0.29, 0.717) is 19.8 Å². The minimum atomic E-state index is -0.457. The second-order valence-corrected chi connectivity index (χ2v) is 7.63. The third kappa shape index (κ3) is 6.28. The van der Waals surface area contributed by atoms with E-state index in [9.17, 15) is 5.11 Å². The summed E-state index contributed by atoms with van der Waals surface area (Å²) in [5.74, 6) is 1.53. The van der Waals surface area contributed by atoms with Gasteiger partial charge in [-0.15, -0.1) is 0 Å². The SMILES string of the molecule is C[NH+](C)CC(C)(C)C[NH2+]C[C@@H](O)COCc1ccc2c(c1)OCO2. The minimum absolute atomic E-state index is 0.256. The van der Waals surface area contributed by atoms with Crippen molar-refractivity contribution in [3.05, 3.63) is 23.8 Å². The van der Waals surface area contributed by atoms with Crippen molar-refractivity contribution in [2.45, 2.75) is 26.6 Å². The van der Waals surface area contributed by atoms with Gasteiger partial charge in [-0.2, -0.15) is 0 Å². The molecule has 0 amide bonds.